The maximum atomic E-state index is 12.3. The Bertz CT molecular complexity index is 954. The zero-order valence-corrected chi connectivity index (χ0v) is 13.0. The van der Waals surface area contributed by atoms with Crippen LogP contribution in [0, 0.1) is 11.3 Å². The van der Waals surface area contributed by atoms with Crippen LogP contribution in [-0.4, -0.2) is 23.1 Å². The van der Waals surface area contributed by atoms with Crippen LogP contribution in [-0.2, 0) is 11.2 Å². The predicted molar refractivity (Wildman–Crippen MR) is 90.0 cm³/mol. The number of nitrogens with one attached hydrogen (secondary N) is 2. The Kier molecular flexibility index (Phi) is 4.08. The second-order valence-corrected chi connectivity index (χ2v) is 5.27. The number of phenolic OH excluding ortho intramolecular Hbond substituents is 1. The minimum absolute atomic E-state index is 0.0844. The molecule has 0 bridgehead atoms. The summed E-state index contributed by atoms with van der Waals surface area (Å²) in [6.45, 7) is 0. The number of hydrogen-bond donors (Lipinski definition) is 3. The van der Waals surface area contributed by atoms with E-state index in [1.165, 1.54) is 18.2 Å². The number of amides is 1. The molecule has 0 aliphatic heterocycles. The zero-order chi connectivity index (χ0) is 17.1. The average Bonchev–Trinajstić information content (AvgIpc) is 3.00. The van der Waals surface area contributed by atoms with Crippen molar-refractivity contribution in [3.8, 4) is 17.6 Å². The van der Waals surface area contributed by atoms with Gasteiger partial charge in [-0.25, -0.2) is 0 Å². The van der Waals surface area contributed by atoms with Gasteiger partial charge in [0.1, 0.15) is 11.5 Å². The average molecular weight is 321 g/mol. The molecule has 0 fully saturated rings. The standard InChI is InChI=1S/C18H15N3O3/c1-24-16-4-2-3-13-18(16)12(10-20-13)8-17(23)21-14-7-11(9-19)5-6-15(14)22/h2-7,10,20,22H,8H2,1H3,(H,21,23). The third-order valence-electron chi connectivity index (χ3n) is 3.72. The molecule has 0 unspecified atom stereocenters. The molecule has 0 saturated heterocycles. The van der Waals surface area contributed by atoms with E-state index in [9.17, 15) is 9.90 Å². The lowest BCUT2D eigenvalue weighted by atomic mass is 10.1. The molecular weight excluding hydrogens is 306 g/mol. The number of H-pyrrole nitrogens is 1. The van der Waals surface area contributed by atoms with Crippen LogP contribution in [0.5, 0.6) is 11.5 Å². The fraction of sp³-hybridized carbons (Fsp3) is 0.111. The van der Waals surface area contributed by atoms with E-state index < -0.39 is 0 Å². The Morgan fingerprint density at radius 1 is 1.38 bits per heavy atom. The van der Waals surface area contributed by atoms with Crippen LogP contribution in [0.3, 0.4) is 0 Å². The van der Waals surface area contributed by atoms with Crippen LogP contribution in [0.4, 0.5) is 5.69 Å². The summed E-state index contributed by atoms with van der Waals surface area (Å²) in [5, 5.41) is 22.2. The summed E-state index contributed by atoms with van der Waals surface area (Å²) in [6.07, 6.45) is 1.87. The fourth-order valence-corrected chi connectivity index (χ4v) is 2.60. The quantitative estimate of drug-likeness (QED) is 0.643. The lowest BCUT2D eigenvalue weighted by Gasteiger charge is -2.08. The molecule has 1 amide bonds. The molecule has 1 aromatic heterocycles. The number of rotatable bonds is 4. The van der Waals surface area contributed by atoms with Gasteiger partial charge in [0.05, 0.1) is 30.9 Å². The van der Waals surface area contributed by atoms with Gasteiger partial charge in [-0.2, -0.15) is 5.26 Å². The Morgan fingerprint density at radius 3 is 2.96 bits per heavy atom. The molecule has 3 aromatic rings. The number of anilines is 1. The largest absolute Gasteiger partial charge is 0.506 e. The number of methoxy groups -OCH3 is 1. The SMILES string of the molecule is COc1cccc2[nH]cc(CC(=O)Nc3cc(C#N)ccc3O)c12. The number of aromatic nitrogens is 1. The first-order valence-electron chi connectivity index (χ1n) is 7.28. The van der Waals surface area contributed by atoms with E-state index in [0.717, 1.165) is 16.5 Å². The van der Waals surface area contributed by atoms with E-state index in [2.05, 4.69) is 10.3 Å². The lowest BCUT2D eigenvalue weighted by Crippen LogP contribution is -2.14. The van der Waals surface area contributed by atoms with Crippen molar-refractivity contribution in [3.63, 3.8) is 0 Å². The number of carbonyl (C=O) groups excluding carboxylic acids is 1. The van der Waals surface area contributed by atoms with Gasteiger partial charge in [0.2, 0.25) is 5.91 Å². The maximum absolute atomic E-state index is 12.3. The molecule has 1 heterocycles. The van der Waals surface area contributed by atoms with Crippen LogP contribution in [0.1, 0.15) is 11.1 Å². The highest BCUT2D eigenvalue weighted by atomic mass is 16.5. The Balaban J connectivity index is 1.85. The Hall–Kier alpha value is -3.46. The zero-order valence-electron chi connectivity index (χ0n) is 13.0. The Labute approximate surface area is 138 Å². The first kappa shape index (κ1) is 15.4. The number of nitriles is 1. The summed E-state index contributed by atoms with van der Waals surface area (Å²) in [4.78, 5) is 15.4. The van der Waals surface area contributed by atoms with Crippen molar-refractivity contribution >= 4 is 22.5 Å². The molecule has 6 nitrogen and oxygen atoms in total. The molecular formula is C18H15N3O3. The summed E-state index contributed by atoms with van der Waals surface area (Å²) in [6, 6.07) is 11.9. The van der Waals surface area contributed by atoms with E-state index in [1.54, 1.807) is 13.3 Å². The van der Waals surface area contributed by atoms with Gasteiger partial charge in [-0.15, -0.1) is 0 Å². The lowest BCUT2D eigenvalue weighted by molar-refractivity contribution is -0.115. The van der Waals surface area contributed by atoms with Gasteiger partial charge in [0.25, 0.3) is 0 Å². The number of phenols is 1. The second kappa shape index (κ2) is 6.34. The predicted octanol–water partition coefficient (Wildman–Crippen LogP) is 2.93. The summed E-state index contributed by atoms with van der Waals surface area (Å²) in [7, 11) is 1.58. The highest BCUT2D eigenvalue weighted by Crippen LogP contribution is 2.29. The fourth-order valence-electron chi connectivity index (χ4n) is 2.60. The van der Waals surface area contributed by atoms with Crippen LogP contribution in [0.25, 0.3) is 10.9 Å². The first-order chi connectivity index (χ1) is 11.6. The van der Waals surface area contributed by atoms with Crippen molar-refractivity contribution in [3.05, 3.63) is 53.7 Å². The maximum Gasteiger partial charge on any atom is 0.228 e. The molecule has 120 valence electrons. The van der Waals surface area contributed by atoms with E-state index in [4.69, 9.17) is 10.00 Å². The van der Waals surface area contributed by atoms with Crippen molar-refractivity contribution in [2.45, 2.75) is 6.42 Å². The first-order valence-corrected chi connectivity index (χ1v) is 7.28. The van der Waals surface area contributed by atoms with Gasteiger partial charge in [-0.05, 0) is 35.9 Å². The highest BCUT2D eigenvalue weighted by Gasteiger charge is 2.14. The van der Waals surface area contributed by atoms with E-state index in [-0.39, 0.29) is 23.8 Å². The van der Waals surface area contributed by atoms with Gasteiger partial charge in [-0.3, -0.25) is 4.79 Å². The smallest absolute Gasteiger partial charge is 0.228 e. The van der Waals surface area contributed by atoms with Crippen LogP contribution in [0.2, 0.25) is 0 Å². The van der Waals surface area contributed by atoms with Crippen molar-refractivity contribution in [1.29, 1.82) is 5.26 Å². The van der Waals surface area contributed by atoms with E-state index in [1.807, 2.05) is 24.3 Å². The molecule has 24 heavy (non-hydrogen) atoms. The molecule has 0 radical (unpaired) electrons. The minimum atomic E-state index is -0.299. The molecule has 0 aliphatic carbocycles. The number of benzene rings is 2. The molecule has 2 aromatic carbocycles. The van der Waals surface area contributed by atoms with Crippen molar-refractivity contribution < 1.29 is 14.6 Å². The monoisotopic (exact) mass is 321 g/mol. The number of aromatic hydroxyl groups is 1. The summed E-state index contributed by atoms with van der Waals surface area (Å²) < 4.78 is 5.35. The topological polar surface area (TPSA) is 98.1 Å². The molecule has 0 spiro atoms. The van der Waals surface area contributed by atoms with Gasteiger partial charge < -0.3 is 20.1 Å². The van der Waals surface area contributed by atoms with Gasteiger partial charge in [0.15, 0.2) is 0 Å². The third kappa shape index (κ3) is 2.88. The van der Waals surface area contributed by atoms with Crippen molar-refractivity contribution in [2.75, 3.05) is 12.4 Å². The van der Waals surface area contributed by atoms with Crippen molar-refractivity contribution in [1.82, 2.24) is 4.98 Å². The molecule has 0 atom stereocenters. The number of ether oxygens (including phenoxy) is 1. The van der Waals surface area contributed by atoms with Crippen LogP contribution < -0.4 is 10.1 Å². The molecule has 6 heteroatoms. The third-order valence-corrected chi connectivity index (χ3v) is 3.72. The van der Waals surface area contributed by atoms with Gasteiger partial charge >= 0.3 is 0 Å². The van der Waals surface area contributed by atoms with Gasteiger partial charge in [-0.1, -0.05) is 6.07 Å². The molecule has 0 aliphatic rings. The molecule has 3 N–H and O–H groups in total. The number of fused-ring (bicyclic) bond motifs is 1. The number of aromatic amines is 1. The van der Waals surface area contributed by atoms with Crippen LogP contribution >= 0.6 is 0 Å². The minimum Gasteiger partial charge on any atom is -0.506 e. The Morgan fingerprint density at radius 2 is 2.21 bits per heavy atom. The summed E-state index contributed by atoms with van der Waals surface area (Å²) in [5.74, 6) is 0.303. The van der Waals surface area contributed by atoms with E-state index >= 15 is 0 Å². The number of nitrogens with zero attached hydrogens (tertiary/aromatic N) is 1. The van der Waals surface area contributed by atoms with Gasteiger partial charge in [0, 0.05) is 17.1 Å². The summed E-state index contributed by atoms with van der Waals surface area (Å²) >= 11 is 0. The van der Waals surface area contributed by atoms with E-state index in [0.29, 0.717) is 11.3 Å². The summed E-state index contributed by atoms with van der Waals surface area (Å²) in [5.41, 5.74) is 2.24. The second-order valence-electron chi connectivity index (χ2n) is 5.27. The molecule has 0 saturated carbocycles. The van der Waals surface area contributed by atoms with Crippen LogP contribution in [0.15, 0.2) is 42.6 Å². The number of hydrogen-bond acceptors (Lipinski definition) is 4. The number of carbonyl (C=O) groups is 1. The highest BCUT2D eigenvalue weighted by molar-refractivity contribution is 5.98. The molecule has 3 rings (SSSR count). The normalized spacial score (nSPS) is 10.3. The van der Waals surface area contributed by atoms with Crippen molar-refractivity contribution in [2.24, 2.45) is 0 Å².